The summed E-state index contributed by atoms with van der Waals surface area (Å²) >= 11 is 1.68. The van der Waals surface area contributed by atoms with Crippen molar-refractivity contribution in [3.63, 3.8) is 0 Å². The van der Waals surface area contributed by atoms with Crippen LogP contribution in [0.1, 0.15) is 23.3 Å². The summed E-state index contributed by atoms with van der Waals surface area (Å²) in [6.07, 6.45) is 2.29. The number of hydrogen-bond acceptors (Lipinski definition) is 4. The number of rotatable bonds is 7. The Morgan fingerprint density at radius 1 is 1.44 bits per heavy atom. The fraction of sp³-hybridized carbons (Fsp3) is 0.421. The van der Waals surface area contributed by atoms with Gasteiger partial charge in [-0.3, -0.25) is 9.69 Å². The van der Waals surface area contributed by atoms with Gasteiger partial charge in [0.1, 0.15) is 5.82 Å². The Bertz CT molecular complexity index is 699. The number of amides is 1. The van der Waals surface area contributed by atoms with E-state index in [1.807, 2.05) is 11.4 Å². The van der Waals surface area contributed by atoms with E-state index in [4.69, 9.17) is 4.74 Å². The average molecular weight is 362 g/mol. The van der Waals surface area contributed by atoms with Crippen LogP contribution in [0.3, 0.4) is 0 Å². The smallest absolute Gasteiger partial charge is 0.238 e. The van der Waals surface area contributed by atoms with Gasteiger partial charge in [-0.1, -0.05) is 12.1 Å². The third-order valence-corrected chi connectivity index (χ3v) is 5.13. The maximum Gasteiger partial charge on any atom is 0.238 e. The van der Waals surface area contributed by atoms with E-state index >= 15 is 0 Å². The number of carbonyl (C=O) groups excluding carboxylic acids is 1. The Kier molecular flexibility index (Phi) is 6.18. The molecular weight excluding hydrogens is 339 g/mol. The predicted octanol–water partition coefficient (Wildman–Crippen LogP) is 3.82. The predicted molar refractivity (Wildman–Crippen MR) is 98.3 cm³/mol. The number of nitrogens with one attached hydrogen (secondary N) is 1. The van der Waals surface area contributed by atoms with Gasteiger partial charge in [-0.25, -0.2) is 4.39 Å². The molecule has 1 aromatic carbocycles. The van der Waals surface area contributed by atoms with Crippen molar-refractivity contribution in [3.05, 3.63) is 52.0 Å². The first-order valence-corrected chi connectivity index (χ1v) is 9.40. The van der Waals surface area contributed by atoms with Gasteiger partial charge in [-0.05, 0) is 48.9 Å². The summed E-state index contributed by atoms with van der Waals surface area (Å²) in [6.45, 7) is 4.20. The first-order chi connectivity index (χ1) is 12.1. The number of ether oxygens (including phenoxy) is 1. The Balaban J connectivity index is 1.61. The second kappa shape index (κ2) is 8.56. The number of carbonyl (C=O) groups is 1. The van der Waals surface area contributed by atoms with Crippen LogP contribution >= 0.6 is 11.3 Å². The van der Waals surface area contributed by atoms with Gasteiger partial charge in [-0.2, -0.15) is 0 Å². The number of aryl methyl sites for hydroxylation is 1. The Hall–Kier alpha value is -1.76. The van der Waals surface area contributed by atoms with Crippen molar-refractivity contribution in [1.82, 2.24) is 4.90 Å². The SMILES string of the molecule is Cc1ccc(NC(=O)CN(Cc2cccs2)C[C@H]2CCCO2)cc1F. The highest BCUT2D eigenvalue weighted by molar-refractivity contribution is 7.09. The molecule has 1 atom stereocenters. The lowest BCUT2D eigenvalue weighted by Gasteiger charge is -2.24. The fourth-order valence-electron chi connectivity index (χ4n) is 2.96. The second-order valence-corrected chi connectivity index (χ2v) is 7.43. The van der Waals surface area contributed by atoms with Gasteiger partial charge in [0.2, 0.25) is 5.91 Å². The van der Waals surface area contributed by atoms with E-state index in [0.717, 1.165) is 26.0 Å². The number of thiophene rings is 1. The molecule has 1 aliphatic heterocycles. The standard InChI is InChI=1S/C19H23FN2O2S/c1-14-6-7-15(10-18(14)20)21-19(23)13-22(11-16-4-2-8-24-16)12-17-5-3-9-25-17/h3,5-7,9-10,16H,2,4,8,11-13H2,1H3,(H,21,23)/t16-/m1/s1. The van der Waals surface area contributed by atoms with E-state index in [-0.39, 0.29) is 24.4 Å². The van der Waals surface area contributed by atoms with Crippen LogP contribution in [0.2, 0.25) is 0 Å². The molecule has 1 fully saturated rings. The topological polar surface area (TPSA) is 41.6 Å². The summed E-state index contributed by atoms with van der Waals surface area (Å²) < 4.78 is 19.3. The average Bonchev–Trinajstić information content (AvgIpc) is 3.25. The van der Waals surface area contributed by atoms with Crippen molar-refractivity contribution >= 4 is 22.9 Å². The molecule has 0 radical (unpaired) electrons. The van der Waals surface area contributed by atoms with Crippen LogP contribution in [-0.2, 0) is 16.1 Å². The molecule has 1 aromatic heterocycles. The van der Waals surface area contributed by atoms with Crippen LogP contribution in [-0.4, -0.2) is 36.6 Å². The van der Waals surface area contributed by atoms with Crippen LogP contribution in [0.15, 0.2) is 35.7 Å². The minimum absolute atomic E-state index is 0.141. The van der Waals surface area contributed by atoms with E-state index in [1.165, 1.54) is 10.9 Å². The molecule has 6 heteroatoms. The third kappa shape index (κ3) is 5.36. The van der Waals surface area contributed by atoms with Gasteiger partial charge in [0, 0.05) is 30.3 Å². The molecule has 0 unspecified atom stereocenters. The zero-order valence-electron chi connectivity index (χ0n) is 14.3. The molecule has 0 bridgehead atoms. The first-order valence-electron chi connectivity index (χ1n) is 8.52. The minimum Gasteiger partial charge on any atom is -0.377 e. The van der Waals surface area contributed by atoms with Crippen molar-refractivity contribution in [1.29, 1.82) is 0 Å². The highest BCUT2D eigenvalue weighted by Crippen LogP contribution is 2.18. The summed E-state index contributed by atoms with van der Waals surface area (Å²) in [5.74, 6) is -0.453. The van der Waals surface area contributed by atoms with Crippen molar-refractivity contribution in [2.75, 3.05) is 25.0 Å². The molecule has 3 rings (SSSR count). The van der Waals surface area contributed by atoms with Gasteiger partial charge in [0.05, 0.1) is 12.6 Å². The number of hydrogen-bond donors (Lipinski definition) is 1. The molecule has 1 amide bonds. The number of benzene rings is 1. The van der Waals surface area contributed by atoms with Gasteiger partial charge < -0.3 is 10.1 Å². The highest BCUT2D eigenvalue weighted by atomic mass is 32.1. The number of anilines is 1. The van der Waals surface area contributed by atoms with Gasteiger partial charge in [0.25, 0.3) is 0 Å². The lowest BCUT2D eigenvalue weighted by molar-refractivity contribution is -0.117. The van der Waals surface area contributed by atoms with Crippen LogP contribution < -0.4 is 5.32 Å². The van der Waals surface area contributed by atoms with Gasteiger partial charge >= 0.3 is 0 Å². The Morgan fingerprint density at radius 2 is 2.32 bits per heavy atom. The first kappa shape index (κ1) is 18.0. The third-order valence-electron chi connectivity index (χ3n) is 4.27. The van der Waals surface area contributed by atoms with Crippen LogP contribution in [0.25, 0.3) is 0 Å². The van der Waals surface area contributed by atoms with Crippen molar-refractivity contribution in [2.45, 2.75) is 32.4 Å². The van der Waals surface area contributed by atoms with Crippen LogP contribution in [0.5, 0.6) is 0 Å². The zero-order chi connectivity index (χ0) is 17.6. The van der Waals surface area contributed by atoms with E-state index in [2.05, 4.69) is 16.3 Å². The zero-order valence-corrected chi connectivity index (χ0v) is 15.2. The molecular formula is C19H23FN2O2S. The molecule has 134 valence electrons. The summed E-state index contributed by atoms with van der Waals surface area (Å²) in [7, 11) is 0. The molecule has 0 spiro atoms. The highest BCUT2D eigenvalue weighted by Gasteiger charge is 2.21. The van der Waals surface area contributed by atoms with E-state index in [1.54, 1.807) is 30.4 Å². The summed E-state index contributed by atoms with van der Waals surface area (Å²) in [5.41, 5.74) is 1.05. The van der Waals surface area contributed by atoms with Gasteiger partial charge in [-0.15, -0.1) is 11.3 Å². The normalized spacial score (nSPS) is 17.2. The van der Waals surface area contributed by atoms with Crippen LogP contribution in [0, 0.1) is 12.7 Å². The molecule has 4 nitrogen and oxygen atoms in total. The monoisotopic (exact) mass is 362 g/mol. The van der Waals surface area contributed by atoms with Crippen molar-refractivity contribution in [3.8, 4) is 0 Å². The van der Waals surface area contributed by atoms with Crippen molar-refractivity contribution < 1.29 is 13.9 Å². The second-order valence-electron chi connectivity index (χ2n) is 6.40. The van der Waals surface area contributed by atoms with Gasteiger partial charge in [0.15, 0.2) is 0 Å². The lowest BCUT2D eigenvalue weighted by Crippen LogP contribution is -2.37. The Morgan fingerprint density at radius 3 is 3.00 bits per heavy atom. The molecule has 0 aliphatic carbocycles. The summed E-state index contributed by atoms with van der Waals surface area (Å²) in [6, 6.07) is 8.83. The Labute approximate surface area is 151 Å². The molecule has 1 aliphatic rings. The summed E-state index contributed by atoms with van der Waals surface area (Å²) in [5, 5.41) is 4.82. The van der Waals surface area contributed by atoms with E-state index in [0.29, 0.717) is 17.8 Å². The molecule has 1 saturated heterocycles. The maximum absolute atomic E-state index is 13.6. The largest absolute Gasteiger partial charge is 0.377 e. The fourth-order valence-corrected chi connectivity index (χ4v) is 3.70. The lowest BCUT2D eigenvalue weighted by atomic mass is 10.2. The molecule has 2 heterocycles. The number of halogens is 1. The minimum atomic E-state index is -0.312. The molecule has 1 N–H and O–H groups in total. The summed E-state index contributed by atoms with van der Waals surface area (Å²) in [4.78, 5) is 15.7. The number of nitrogens with zero attached hydrogens (tertiary/aromatic N) is 1. The molecule has 2 aromatic rings. The molecule has 25 heavy (non-hydrogen) atoms. The van der Waals surface area contributed by atoms with Crippen LogP contribution in [0.4, 0.5) is 10.1 Å². The van der Waals surface area contributed by atoms with E-state index in [9.17, 15) is 9.18 Å². The van der Waals surface area contributed by atoms with Crippen molar-refractivity contribution in [2.24, 2.45) is 0 Å². The van der Waals surface area contributed by atoms with E-state index < -0.39 is 0 Å². The maximum atomic E-state index is 13.6. The molecule has 0 saturated carbocycles. The quantitative estimate of drug-likeness (QED) is 0.814.